The quantitative estimate of drug-likeness (QED) is 0.485. The van der Waals surface area contributed by atoms with Crippen LogP contribution in [0.15, 0.2) is 0 Å². The van der Waals surface area contributed by atoms with E-state index in [4.69, 9.17) is 9.66 Å². The van der Waals surface area contributed by atoms with Crippen LogP contribution in [0.2, 0.25) is 0 Å². The molecule has 0 spiro atoms. The number of hydrogen-bond acceptors (Lipinski definition) is 4. The molecule has 0 aromatic heterocycles. The van der Waals surface area contributed by atoms with E-state index in [1.165, 1.54) is 6.92 Å². The molecule has 12 heavy (non-hydrogen) atoms. The van der Waals surface area contributed by atoms with Gasteiger partial charge in [-0.2, -0.15) is 8.42 Å². The SMILES string of the molecule is CC(NCCS(=O)(=O)O)C(=O)O. The molecular formula is C5H11NO5S. The molecule has 1 unspecified atom stereocenters. The van der Waals surface area contributed by atoms with Crippen molar-refractivity contribution in [3.8, 4) is 0 Å². The van der Waals surface area contributed by atoms with E-state index in [0.717, 1.165) is 0 Å². The minimum atomic E-state index is -4.00. The summed E-state index contributed by atoms with van der Waals surface area (Å²) in [6, 6.07) is -0.813. The zero-order chi connectivity index (χ0) is 9.78. The average Bonchev–Trinajstić information content (AvgIpc) is 1.84. The van der Waals surface area contributed by atoms with Gasteiger partial charge in [0.05, 0.1) is 5.75 Å². The van der Waals surface area contributed by atoms with Gasteiger partial charge in [0.1, 0.15) is 6.04 Å². The standard InChI is InChI=1S/C5H11NO5S/c1-4(5(7)8)6-2-3-12(9,10)11/h4,6H,2-3H2,1H3,(H,7,8)(H,9,10,11). The van der Waals surface area contributed by atoms with Crippen molar-refractivity contribution < 1.29 is 22.9 Å². The predicted octanol–water partition coefficient (Wildman–Crippen LogP) is -1.06. The molecule has 1 atom stereocenters. The van der Waals surface area contributed by atoms with E-state index < -0.39 is 27.9 Å². The highest BCUT2D eigenvalue weighted by Gasteiger charge is 2.11. The van der Waals surface area contributed by atoms with Gasteiger partial charge in [-0.1, -0.05) is 0 Å². The van der Waals surface area contributed by atoms with Gasteiger partial charge in [0.15, 0.2) is 0 Å². The third-order valence-corrected chi connectivity index (χ3v) is 1.90. The molecule has 0 radical (unpaired) electrons. The predicted molar refractivity (Wildman–Crippen MR) is 41.5 cm³/mol. The van der Waals surface area contributed by atoms with Gasteiger partial charge in [0, 0.05) is 6.54 Å². The van der Waals surface area contributed by atoms with Crippen molar-refractivity contribution >= 4 is 16.1 Å². The Bertz CT molecular complexity index is 247. The number of carboxylic acids is 1. The molecule has 0 aliphatic carbocycles. The fraction of sp³-hybridized carbons (Fsp3) is 0.800. The Labute approximate surface area is 70.3 Å². The number of aliphatic carboxylic acids is 1. The Morgan fingerprint density at radius 2 is 2.08 bits per heavy atom. The van der Waals surface area contributed by atoms with E-state index in [-0.39, 0.29) is 6.54 Å². The highest BCUT2D eigenvalue weighted by molar-refractivity contribution is 7.85. The summed E-state index contributed by atoms with van der Waals surface area (Å²) in [5, 5.41) is 10.7. The largest absolute Gasteiger partial charge is 0.480 e. The van der Waals surface area contributed by atoms with Crippen molar-refractivity contribution in [1.29, 1.82) is 0 Å². The molecule has 0 aliphatic rings. The summed E-state index contributed by atoms with van der Waals surface area (Å²) in [5.41, 5.74) is 0. The Morgan fingerprint density at radius 1 is 1.58 bits per heavy atom. The van der Waals surface area contributed by atoms with Crippen LogP contribution in [-0.4, -0.2) is 42.4 Å². The molecule has 0 saturated heterocycles. The van der Waals surface area contributed by atoms with E-state index in [1.807, 2.05) is 0 Å². The molecular weight excluding hydrogens is 186 g/mol. The number of hydrogen-bond donors (Lipinski definition) is 3. The van der Waals surface area contributed by atoms with Crippen LogP contribution < -0.4 is 5.32 Å². The first-order chi connectivity index (χ1) is 5.33. The summed E-state index contributed by atoms with van der Waals surface area (Å²) >= 11 is 0. The van der Waals surface area contributed by atoms with Crippen molar-refractivity contribution in [3.05, 3.63) is 0 Å². The zero-order valence-corrected chi connectivity index (χ0v) is 7.34. The lowest BCUT2D eigenvalue weighted by molar-refractivity contribution is -0.138. The zero-order valence-electron chi connectivity index (χ0n) is 6.52. The fourth-order valence-electron chi connectivity index (χ4n) is 0.492. The summed E-state index contributed by atoms with van der Waals surface area (Å²) in [6.45, 7) is 1.30. The van der Waals surface area contributed by atoms with Gasteiger partial charge in [-0.05, 0) is 6.92 Å². The first-order valence-corrected chi connectivity index (χ1v) is 4.85. The van der Waals surface area contributed by atoms with Crippen molar-refractivity contribution in [3.63, 3.8) is 0 Å². The Balaban J connectivity index is 3.65. The number of nitrogens with one attached hydrogen (secondary N) is 1. The third-order valence-electron chi connectivity index (χ3n) is 1.18. The van der Waals surface area contributed by atoms with E-state index in [9.17, 15) is 13.2 Å². The molecule has 3 N–H and O–H groups in total. The summed E-state index contributed by atoms with van der Waals surface area (Å²) < 4.78 is 28.6. The topological polar surface area (TPSA) is 104 Å². The van der Waals surface area contributed by atoms with Gasteiger partial charge in [0.2, 0.25) is 0 Å². The summed E-state index contributed by atoms with van der Waals surface area (Å²) in [4.78, 5) is 10.2. The second-order valence-corrected chi connectivity index (χ2v) is 3.87. The van der Waals surface area contributed by atoms with E-state index in [2.05, 4.69) is 5.32 Å². The van der Waals surface area contributed by atoms with Crippen LogP contribution in [0, 0.1) is 0 Å². The lowest BCUT2D eigenvalue weighted by atomic mass is 10.3. The molecule has 0 bridgehead atoms. The molecule has 0 aliphatic heterocycles. The molecule has 0 saturated carbocycles. The first-order valence-electron chi connectivity index (χ1n) is 3.24. The van der Waals surface area contributed by atoms with Crippen LogP contribution in [-0.2, 0) is 14.9 Å². The van der Waals surface area contributed by atoms with Crippen LogP contribution in [0.3, 0.4) is 0 Å². The maximum absolute atomic E-state index is 10.2. The van der Waals surface area contributed by atoms with E-state index in [1.54, 1.807) is 0 Å². The van der Waals surface area contributed by atoms with Crippen LogP contribution in [0.5, 0.6) is 0 Å². The second-order valence-electron chi connectivity index (χ2n) is 2.30. The van der Waals surface area contributed by atoms with Crippen LogP contribution in [0.4, 0.5) is 0 Å². The highest BCUT2D eigenvalue weighted by Crippen LogP contribution is 1.83. The minimum Gasteiger partial charge on any atom is -0.480 e. The number of carbonyl (C=O) groups is 1. The Morgan fingerprint density at radius 3 is 2.42 bits per heavy atom. The molecule has 0 aromatic carbocycles. The van der Waals surface area contributed by atoms with Crippen molar-refractivity contribution in [2.75, 3.05) is 12.3 Å². The molecule has 0 fully saturated rings. The number of carboxylic acid groups (broad SMARTS) is 1. The number of rotatable bonds is 5. The van der Waals surface area contributed by atoms with Gasteiger partial charge in [-0.15, -0.1) is 0 Å². The maximum Gasteiger partial charge on any atom is 0.320 e. The first kappa shape index (κ1) is 11.3. The van der Waals surface area contributed by atoms with Gasteiger partial charge in [0.25, 0.3) is 10.1 Å². The lowest BCUT2D eigenvalue weighted by Crippen LogP contribution is -2.36. The van der Waals surface area contributed by atoms with E-state index in [0.29, 0.717) is 0 Å². The minimum absolute atomic E-state index is 0.0771. The maximum atomic E-state index is 10.2. The average molecular weight is 197 g/mol. The van der Waals surface area contributed by atoms with Crippen LogP contribution >= 0.6 is 0 Å². The molecule has 0 amide bonds. The Hall–Kier alpha value is -0.660. The molecule has 6 nitrogen and oxygen atoms in total. The third kappa shape index (κ3) is 6.08. The van der Waals surface area contributed by atoms with Crippen molar-refractivity contribution in [2.24, 2.45) is 0 Å². The molecule has 0 rings (SSSR count). The smallest absolute Gasteiger partial charge is 0.320 e. The van der Waals surface area contributed by atoms with Crippen LogP contribution in [0.25, 0.3) is 0 Å². The highest BCUT2D eigenvalue weighted by atomic mass is 32.2. The summed E-state index contributed by atoms with van der Waals surface area (Å²) in [5.74, 6) is -1.55. The molecule has 0 heterocycles. The Kier molecular flexibility index (Phi) is 4.15. The monoisotopic (exact) mass is 197 g/mol. The lowest BCUT2D eigenvalue weighted by Gasteiger charge is -2.06. The van der Waals surface area contributed by atoms with E-state index >= 15 is 0 Å². The van der Waals surface area contributed by atoms with Crippen molar-refractivity contribution in [1.82, 2.24) is 5.32 Å². The summed E-state index contributed by atoms with van der Waals surface area (Å²) in [7, 11) is -4.00. The fourth-order valence-corrected chi connectivity index (χ4v) is 0.868. The van der Waals surface area contributed by atoms with Crippen molar-refractivity contribution in [2.45, 2.75) is 13.0 Å². The molecule has 72 valence electrons. The normalized spacial score (nSPS) is 14.2. The molecule has 7 heteroatoms. The van der Waals surface area contributed by atoms with Gasteiger partial charge >= 0.3 is 5.97 Å². The molecule has 0 aromatic rings. The van der Waals surface area contributed by atoms with Gasteiger partial charge < -0.3 is 10.4 Å². The second kappa shape index (κ2) is 4.39. The van der Waals surface area contributed by atoms with Crippen LogP contribution in [0.1, 0.15) is 6.92 Å². The van der Waals surface area contributed by atoms with Gasteiger partial charge in [-0.25, -0.2) is 0 Å². The van der Waals surface area contributed by atoms with Gasteiger partial charge in [-0.3, -0.25) is 9.35 Å². The summed E-state index contributed by atoms with van der Waals surface area (Å²) in [6.07, 6.45) is 0.